The molecule has 0 bridgehead atoms. The molecule has 0 aliphatic heterocycles. The molecular weight excluding hydrogens is 273 g/mol. The third-order valence-electron chi connectivity index (χ3n) is 2.58. The van der Waals surface area contributed by atoms with E-state index in [4.69, 9.17) is 0 Å². The van der Waals surface area contributed by atoms with Crippen LogP contribution in [0, 0.1) is 0 Å². The van der Waals surface area contributed by atoms with Crippen LogP contribution in [0.4, 0.5) is 18.9 Å². The van der Waals surface area contributed by atoms with Gasteiger partial charge < -0.3 is 5.32 Å². The Balaban J connectivity index is 1.96. The summed E-state index contributed by atoms with van der Waals surface area (Å²) >= 11 is 1.61. The second kappa shape index (κ2) is 5.61. The van der Waals surface area contributed by atoms with E-state index in [1.54, 1.807) is 17.5 Å². The maximum absolute atomic E-state index is 12.4. The number of hydrogen-bond donors (Lipinski definition) is 1. The van der Waals surface area contributed by atoms with Gasteiger partial charge in [-0.05, 0) is 30.7 Å². The van der Waals surface area contributed by atoms with E-state index in [1.165, 1.54) is 12.1 Å². The molecule has 0 aliphatic carbocycles. The van der Waals surface area contributed by atoms with Crippen LogP contribution in [0.25, 0.3) is 0 Å². The molecule has 102 valence electrons. The molecule has 0 atom stereocenters. The van der Waals surface area contributed by atoms with E-state index >= 15 is 0 Å². The Bertz CT molecular complexity index is 532. The van der Waals surface area contributed by atoms with Crippen LogP contribution in [-0.4, -0.2) is 4.98 Å². The molecule has 0 radical (unpaired) electrons. The lowest BCUT2D eigenvalue weighted by Crippen LogP contribution is -2.05. The van der Waals surface area contributed by atoms with Gasteiger partial charge in [-0.25, -0.2) is 4.98 Å². The molecule has 0 saturated heterocycles. The molecule has 0 amide bonds. The number of benzene rings is 1. The Morgan fingerprint density at radius 1 is 1.21 bits per heavy atom. The molecule has 19 heavy (non-hydrogen) atoms. The van der Waals surface area contributed by atoms with Crippen molar-refractivity contribution < 1.29 is 13.2 Å². The second-order valence-corrected chi connectivity index (χ2v) is 5.20. The van der Waals surface area contributed by atoms with Gasteiger partial charge in [-0.3, -0.25) is 0 Å². The number of rotatable bonds is 4. The third kappa shape index (κ3) is 3.70. The zero-order chi connectivity index (χ0) is 13.9. The van der Waals surface area contributed by atoms with Crippen LogP contribution in [0.15, 0.2) is 30.5 Å². The number of hydrogen-bond acceptors (Lipinski definition) is 3. The first-order valence-corrected chi connectivity index (χ1v) is 6.65. The van der Waals surface area contributed by atoms with Crippen molar-refractivity contribution in [1.29, 1.82) is 0 Å². The summed E-state index contributed by atoms with van der Waals surface area (Å²) in [6.07, 6.45) is -1.60. The quantitative estimate of drug-likeness (QED) is 0.904. The van der Waals surface area contributed by atoms with E-state index in [0.717, 1.165) is 28.4 Å². The first-order valence-electron chi connectivity index (χ1n) is 5.83. The number of aromatic nitrogens is 1. The van der Waals surface area contributed by atoms with Crippen LogP contribution in [0.1, 0.15) is 22.4 Å². The smallest absolute Gasteiger partial charge is 0.380 e. The summed E-state index contributed by atoms with van der Waals surface area (Å²) in [6.45, 7) is 2.61. The Hall–Kier alpha value is -1.56. The maximum Gasteiger partial charge on any atom is 0.416 e. The average Bonchev–Trinajstić information content (AvgIpc) is 2.84. The van der Waals surface area contributed by atoms with Gasteiger partial charge in [0.15, 0.2) is 0 Å². The van der Waals surface area contributed by atoms with Gasteiger partial charge in [0.25, 0.3) is 0 Å². The fraction of sp³-hybridized carbons (Fsp3) is 0.308. The van der Waals surface area contributed by atoms with E-state index in [9.17, 15) is 13.2 Å². The molecular formula is C13H13F3N2S. The molecule has 1 aromatic carbocycles. The summed E-state index contributed by atoms with van der Waals surface area (Å²) < 4.78 is 37.2. The van der Waals surface area contributed by atoms with Crippen molar-refractivity contribution in [3.63, 3.8) is 0 Å². The van der Waals surface area contributed by atoms with E-state index < -0.39 is 11.7 Å². The number of alkyl halides is 3. The Morgan fingerprint density at radius 3 is 2.42 bits per heavy atom. The van der Waals surface area contributed by atoms with Crippen molar-refractivity contribution in [3.05, 3.63) is 45.9 Å². The predicted molar refractivity (Wildman–Crippen MR) is 70.3 cm³/mol. The van der Waals surface area contributed by atoms with Crippen LogP contribution in [0.5, 0.6) is 0 Å². The molecule has 1 aromatic heterocycles. The molecule has 0 saturated carbocycles. The summed E-state index contributed by atoms with van der Waals surface area (Å²) in [6, 6.07) is 5.02. The SMILES string of the molecule is CCc1ncc(CNc2ccc(C(F)(F)F)cc2)s1. The standard InChI is InChI=1S/C13H13F3N2S/c1-2-12-18-8-11(19-12)7-17-10-5-3-9(4-6-10)13(14,15)16/h3-6,8,17H,2,7H2,1H3. The van der Waals surface area contributed by atoms with Gasteiger partial charge in [-0.1, -0.05) is 6.92 Å². The average molecular weight is 286 g/mol. The highest BCUT2D eigenvalue weighted by atomic mass is 32.1. The van der Waals surface area contributed by atoms with Crippen molar-refractivity contribution in [1.82, 2.24) is 4.98 Å². The number of nitrogens with one attached hydrogen (secondary N) is 1. The van der Waals surface area contributed by atoms with Crippen molar-refractivity contribution in [3.8, 4) is 0 Å². The van der Waals surface area contributed by atoms with Gasteiger partial charge in [-0.15, -0.1) is 11.3 Å². The van der Waals surface area contributed by atoms with Gasteiger partial charge >= 0.3 is 6.18 Å². The Kier molecular flexibility index (Phi) is 4.09. The highest BCUT2D eigenvalue weighted by molar-refractivity contribution is 7.11. The van der Waals surface area contributed by atoms with E-state index in [1.807, 2.05) is 6.92 Å². The van der Waals surface area contributed by atoms with Gasteiger partial charge in [0.1, 0.15) is 0 Å². The maximum atomic E-state index is 12.4. The Morgan fingerprint density at radius 2 is 1.89 bits per heavy atom. The number of halogens is 3. The lowest BCUT2D eigenvalue weighted by molar-refractivity contribution is -0.137. The van der Waals surface area contributed by atoms with Crippen molar-refractivity contribution >= 4 is 17.0 Å². The molecule has 1 heterocycles. The molecule has 6 heteroatoms. The van der Waals surface area contributed by atoms with Gasteiger partial charge in [-0.2, -0.15) is 13.2 Å². The van der Waals surface area contributed by atoms with Crippen molar-refractivity contribution in [2.75, 3.05) is 5.32 Å². The van der Waals surface area contributed by atoms with Crippen molar-refractivity contribution in [2.45, 2.75) is 26.1 Å². The lowest BCUT2D eigenvalue weighted by atomic mass is 10.2. The van der Waals surface area contributed by atoms with E-state index in [2.05, 4.69) is 10.3 Å². The molecule has 0 unspecified atom stereocenters. The molecule has 0 fully saturated rings. The zero-order valence-electron chi connectivity index (χ0n) is 10.3. The van der Waals surface area contributed by atoms with Crippen molar-refractivity contribution in [2.24, 2.45) is 0 Å². The first kappa shape index (κ1) is 13.9. The first-order chi connectivity index (χ1) is 8.99. The number of anilines is 1. The van der Waals surface area contributed by atoms with Crippen LogP contribution in [0.2, 0.25) is 0 Å². The van der Waals surface area contributed by atoms with Crippen LogP contribution in [0.3, 0.4) is 0 Å². The monoisotopic (exact) mass is 286 g/mol. The number of nitrogens with zero attached hydrogens (tertiary/aromatic N) is 1. The van der Waals surface area contributed by atoms with Gasteiger partial charge in [0, 0.05) is 16.8 Å². The third-order valence-corrected chi connectivity index (χ3v) is 3.72. The topological polar surface area (TPSA) is 24.9 Å². The summed E-state index contributed by atoms with van der Waals surface area (Å²) in [5, 5.41) is 4.14. The van der Waals surface area contributed by atoms with Crippen LogP contribution >= 0.6 is 11.3 Å². The molecule has 0 spiro atoms. The Labute approximate surface area is 113 Å². The minimum absolute atomic E-state index is 0.572. The summed E-state index contributed by atoms with van der Waals surface area (Å²) in [4.78, 5) is 5.29. The zero-order valence-corrected chi connectivity index (χ0v) is 11.1. The van der Waals surface area contributed by atoms with E-state index in [-0.39, 0.29) is 0 Å². The summed E-state index contributed by atoms with van der Waals surface area (Å²) in [7, 11) is 0. The van der Waals surface area contributed by atoms with Gasteiger partial charge in [0.2, 0.25) is 0 Å². The fourth-order valence-corrected chi connectivity index (χ4v) is 2.36. The fourth-order valence-electron chi connectivity index (χ4n) is 1.56. The summed E-state index contributed by atoms with van der Waals surface area (Å²) in [5.41, 5.74) is 0.0311. The predicted octanol–water partition coefficient (Wildman–Crippen LogP) is 4.34. The normalized spacial score (nSPS) is 11.6. The minimum Gasteiger partial charge on any atom is -0.380 e. The molecule has 2 aromatic rings. The summed E-state index contributed by atoms with van der Waals surface area (Å²) in [5.74, 6) is 0. The van der Waals surface area contributed by atoms with Crippen LogP contribution in [-0.2, 0) is 19.1 Å². The number of thiazole rings is 1. The van der Waals surface area contributed by atoms with E-state index in [0.29, 0.717) is 12.2 Å². The lowest BCUT2D eigenvalue weighted by Gasteiger charge is -2.08. The highest BCUT2D eigenvalue weighted by Gasteiger charge is 2.29. The molecule has 2 rings (SSSR count). The molecule has 2 nitrogen and oxygen atoms in total. The van der Waals surface area contributed by atoms with Gasteiger partial charge in [0.05, 0.1) is 17.1 Å². The minimum atomic E-state index is -4.29. The molecule has 1 N–H and O–H groups in total. The largest absolute Gasteiger partial charge is 0.416 e. The highest BCUT2D eigenvalue weighted by Crippen LogP contribution is 2.29. The second-order valence-electron chi connectivity index (χ2n) is 4.00. The van der Waals surface area contributed by atoms with Crippen LogP contribution < -0.4 is 5.32 Å². The molecule has 0 aliphatic rings. The number of aryl methyl sites for hydroxylation is 1.